The molecule has 0 bridgehead atoms. The van der Waals surface area contributed by atoms with Crippen LogP contribution in [0.2, 0.25) is 0 Å². The van der Waals surface area contributed by atoms with Crippen molar-refractivity contribution in [2.45, 2.75) is 6.42 Å². The fraction of sp³-hybridized carbons (Fsp3) is 0.0476. The largest absolute Gasteiger partial charge is 0.369 e. The monoisotopic (exact) mass is 370 g/mol. The summed E-state index contributed by atoms with van der Waals surface area (Å²) in [6.45, 7) is 0. The molecule has 7 heteroatoms. The van der Waals surface area contributed by atoms with Crippen molar-refractivity contribution in [1.82, 2.24) is 24.3 Å². The van der Waals surface area contributed by atoms with Gasteiger partial charge in [0.1, 0.15) is 17.0 Å². The van der Waals surface area contributed by atoms with Crippen molar-refractivity contribution < 1.29 is 4.39 Å². The molecule has 0 unspecified atom stereocenters. The van der Waals surface area contributed by atoms with Gasteiger partial charge in [-0.1, -0.05) is 30.3 Å². The zero-order chi connectivity index (χ0) is 19.1. The molecule has 0 aliphatic rings. The maximum atomic E-state index is 14.1. The van der Waals surface area contributed by atoms with Crippen LogP contribution in [-0.4, -0.2) is 24.3 Å². The summed E-state index contributed by atoms with van der Waals surface area (Å²) in [5.41, 5.74) is 10.6. The van der Waals surface area contributed by atoms with E-state index in [4.69, 9.17) is 5.73 Å². The van der Waals surface area contributed by atoms with Gasteiger partial charge in [0.25, 0.3) is 0 Å². The van der Waals surface area contributed by atoms with Crippen LogP contribution in [0.4, 0.5) is 10.3 Å². The smallest absolute Gasteiger partial charge is 0.206 e. The number of nitrogens with zero attached hydrogens (tertiary/aromatic N) is 5. The maximum Gasteiger partial charge on any atom is 0.206 e. The fourth-order valence-corrected chi connectivity index (χ4v) is 3.31. The molecule has 5 aromatic rings. The Bertz CT molecular complexity index is 1300. The number of imidazole rings is 1. The number of benzene rings is 2. The second kappa shape index (κ2) is 6.38. The summed E-state index contributed by atoms with van der Waals surface area (Å²) in [6.07, 6.45) is 7.53. The van der Waals surface area contributed by atoms with Crippen molar-refractivity contribution in [3.63, 3.8) is 0 Å². The number of hydrogen-bond acceptors (Lipinski definition) is 5. The summed E-state index contributed by atoms with van der Waals surface area (Å²) in [6, 6.07) is 12.9. The predicted molar refractivity (Wildman–Crippen MR) is 105 cm³/mol. The van der Waals surface area contributed by atoms with E-state index in [1.54, 1.807) is 35.1 Å². The second-order valence-corrected chi connectivity index (χ2v) is 6.50. The first-order chi connectivity index (χ1) is 13.7. The molecular formula is C21H15FN6. The van der Waals surface area contributed by atoms with E-state index in [2.05, 4.69) is 19.9 Å². The van der Waals surface area contributed by atoms with Gasteiger partial charge in [-0.15, -0.1) is 0 Å². The van der Waals surface area contributed by atoms with Gasteiger partial charge in [0.05, 0.1) is 17.6 Å². The van der Waals surface area contributed by atoms with E-state index in [0.717, 1.165) is 22.5 Å². The first kappa shape index (κ1) is 16.3. The topological polar surface area (TPSA) is 82.0 Å². The normalized spacial score (nSPS) is 11.3. The van der Waals surface area contributed by atoms with Gasteiger partial charge in [0, 0.05) is 36.0 Å². The van der Waals surface area contributed by atoms with Gasteiger partial charge in [-0.3, -0.25) is 14.4 Å². The van der Waals surface area contributed by atoms with Gasteiger partial charge in [0.2, 0.25) is 5.95 Å². The zero-order valence-electron chi connectivity index (χ0n) is 14.7. The molecule has 3 heterocycles. The van der Waals surface area contributed by atoms with E-state index >= 15 is 0 Å². The van der Waals surface area contributed by atoms with Crippen LogP contribution in [-0.2, 0) is 6.42 Å². The molecule has 0 saturated carbocycles. The van der Waals surface area contributed by atoms with Crippen LogP contribution in [0.25, 0.3) is 27.8 Å². The molecule has 0 aliphatic heterocycles. The lowest BCUT2D eigenvalue weighted by atomic mass is 10.1. The van der Waals surface area contributed by atoms with Crippen LogP contribution in [0.15, 0.2) is 67.3 Å². The van der Waals surface area contributed by atoms with E-state index in [9.17, 15) is 4.39 Å². The number of halogens is 1. The van der Waals surface area contributed by atoms with E-state index in [1.165, 1.54) is 6.07 Å². The first-order valence-electron chi connectivity index (χ1n) is 8.76. The fourth-order valence-electron chi connectivity index (χ4n) is 3.31. The van der Waals surface area contributed by atoms with Gasteiger partial charge >= 0.3 is 0 Å². The maximum absolute atomic E-state index is 14.1. The summed E-state index contributed by atoms with van der Waals surface area (Å²) in [5.74, 6) is -0.194. The van der Waals surface area contributed by atoms with Crippen LogP contribution < -0.4 is 5.73 Å². The molecule has 0 fully saturated rings. The number of aromatic nitrogens is 5. The van der Waals surface area contributed by atoms with Crippen molar-refractivity contribution in [2.24, 2.45) is 0 Å². The average Bonchev–Trinajstić information content (AvgIpc) is 3.15. The van der Waals surface area contributed by atoms with Crippen molar-refractivity contribution in [3.8, 4) is 11.3 Å². The lowest BCUT2D eigenvalue weighted by molar-refractivity contribution is 0.636. The molecule has 2 N–H and O–H groups in total. The summed E-state index contributed by atoms with van der Waals surface area (Å²) in [5, 5.41) is 0.637. The minimum Gasteiger partial charge on any atom is -0.369 e. The second-order valence-electron chi connectivity index (χ2n) is 6.50. The standard InChI is InChI=1S/C21H15FN6/c22-17-3-1-2-16-19(17)27-21(23)28-12-15(26-20(16)28)10-13-4-6-14(7-5-13)18-11-24-8-9-25-18/h1-9,11-12H,10H2,(H2,23,27). The Morgan fingerprint density at radius 1 is 1.00 bits per heavy atom. The van der Waals surface area contributed by atoms with Gasteiger partial charge in [-0.25, -0.2) is 14.4 Å². The lowest BCUT2D eigenvalue weighted by Gasteiger charge is -2.03. The summed E-state index contributed by atoms with van der Waals surface area (Å²) >= 11 is 0. The van der Waals surface area contributed by atoms with Gasteiger partial charge < -0.3 is 5.73 Å². The molecule has 28 heavy (non-hydrogen) atoms. The Balaban J connectivity index is 1.51. The number of nitrogen functional groups attached to an aromatic ring is 1. The first-order valence-corrected chi connectivity index (χ1v) is 8.76. The third-order valence-corrected chi connectivity index (χ3v) is 4.65. The molecular weight excluding hydrogens is 355 g/mol. The number of rotatable bonds is 3. The predicted octanol–water partition coefficient (Wildman–Crippen LogP) is 3.65. The van der Waals surface area contributed by atoms with Gasteiger partial charge in [-0.2, -0.15) is 0 Å². The summed E-state index contributed by atoms with van der Waals surface area (Å²) in [7, 11) is 0. The highest BCUT2D eigenvalue weighted by Crippen LogP contribution is 2.24. The number of hydrogen-bond donors (Lipinski definition) is 1. The number of anilines is 1. The molecule has 6 nitrogen and oxygen atoms in total. The third-order valence-electron chi connectivity index (χ3n) is 4.65. The zero-order valence-corrected chi connectivity index (χ0v) is 14.7. The molecule has 136 valence electrons. The van der Waals surface area contributed by atoms with E-state index < -0.39 is 5.82 Å². The van der Waals surface area contributed by atoms with Crippen molar-refractivity contribution >= 4 is 22.5 Å². The minimum absolute atomic E-state index is 0.212. The van der Waals surface area contributed by atoms with Crippen molar-refractivity contribution in [1.29, 1.82) is 0 Å². The average molecular weight is 370 g/mol. The number of nitrogens with two attached hydrogens (primary N) is 1. The van der Waals surface area contributed by atoms with Crippen LogP contribution >= 0.6 is 0 Å². The van der Waals surface area contributed by atoms with Crippen LogP contribution in [0.1, 0.15) is 11.3 Å². The Morgan fingerprint density at radius 3 is 2.64 bits per heavy atom. The molecule has 0 radical (unpaired) electrons. The lowest BCUT2D eigenvalue weighted by Crippen LogP contribution is -2.01. The summed E-state index contributed by atoms with van der Waals surface area (Å²) in [4.78, 5) is 17.3. The Labute approximate surface area is 159 Å². The van der Waals surface area contributed by atoms with Crippen LogP contribution in [0, 0.1) is 5.82 Å². The number of fused-ring (bicyclic) bond motifs is 3. The van der Waals surface area contributed by atoms with Crippen molar-refractivity contribution in [3.05, 3.63) is 84.3 Å². The van der Waals surface area contributed by atoms with E-state index in [0.29, 0.717) is 17.5 Å². The highest BCUT2D eigenvalue weighted by Gasteiger charge is 2.13. The molecule has 3 aromatic heterocycles. The molecule has 5 rings (SSSR count). The molecule has 0 spiro atoms. The molecule has 0 saturated heterocycles. The molecule has 0 aliphatic carbocycles. The van der Waals surface area contributed by atoms with E-state index in [1.807, 2.05) is 30.5 Å². The highest BCUT2D eigenvalue weighted by atomic mass is 19.1. The van der Waals surface area contributed by atoms with E-state index in [-0.39, 0.29) is 11.5 Å². The van der Waals surface area contributed by atoms with Crippen LogP contribution in [0.5, 0.6) is 0 Å². The SMILES string of the molecule is Nc1nc2c(F)cccc2c2nc(Cc3ccc(-c4cnccn4)cc3)cn12. The Kier molecular flexibility index (Phi) is 3.72. The van der Waals surface area contributed by atoms with Crippen molar-refractivity contribution in [2.75, 3.05) is 5.73 Å². The van der Waals surface area contributed by atoms with Crippen LogP contribution in [0.3, 0.4) is 0 Å². The quantitative estimate of drug-likeness (QED) is 0.524. The Hall–Kier alpha value is -3.87. The highest BCUT2D eigenvalue weighted by molar-refractivity contribution is 5.92. The minimum atomic E-state index is -0.407. The summed E-state index contributed by atoms with van der Waals surface area (Å²) < 4.78 is 15.8. The third kappa shape index (κ3) is 2.73. The van der Waals surface area contributed by atoms with Gasteiger partial charge in [0.15, 0.2) is 0 Å². The molecule has 2 aromatic carbocycles. The number of para-hydroxylation sites is 1. The Morgan fingerprint density at radius 2 is 1.86 bits per heavy atom. The molecule has 0 atom stereocenters. The van der Waals surface area contributed by atoms with Gasteiger partial charge in [-0.05, 0) is 17.7 Å². The molecule has 0 amide bonds.